The van der Waals surface area contributed by atoms with E-state index in [0.29, 0.717) is 6.42 Å². The van der Waals surface area contributed by atoms with Crippen molar-refractivity contribution in [2.45, 2.75) is 13.3 Å². The number of carbonyl (C=O) groups is 1. The number of aryl methyl sites for hydroxylation is 1. The first-order chi connectivity index (χ1) is 11.7. The molecule has 0 fully saturated rings. The predicted octanol–water partition coefficient (Wildman–Crippen LogP) is 3.11. The first-order valence-electron chi connectivity index (χ1n) is 7.75. The molecule has 0 unspecified atom stereocenters. The number of rotatable bonds is 6. The number of Topliss-reactive ketones (excluding diaryl/α,β-unsaturated/α-hetero) is 1. The molecule has 0 atom stereocenters. The van der Waals surface area contributed by atoms with Crippen LogP contribution in [0.2, 0.25) is 0 Å². The summed E-state index contributed by atoms with van der Waals surface area (Å²) in [4.78, 5) is 16.3. The number of ether oxygens (including phenoxy) is 1. The largest absolute Gasteiger partial charge is 0.497 e. The van der Waals surface area contributed by atoms with Gasteiger partial charge in [-0.25, -0.2) is 0 Å². The van der Waals surface area contributed by atoms with Gasteiger partial charge in [0.25, 0.3) is 0 Å². The Labute approximate surface area is 140 Å². The Morgan fingerprint density at radius 2 is 2.17 bits per heavy atom. The molecule has 0 amide bonds. The van der Waals surface area contributed by atoms with Crippen molar-refractivity contribution in [1.29, 1.82) is 0 Å². The Morgan fingerprint density at radius 1 is 1.29 bits per heavy atom. The van der Waals surface area contributed by atoms with E-state index >= 15 is 0 Å². The van der Waals surface area contributed by atoms with E-state index in [1.165, 1.54) is 0 Å². The van der Waals surface area contributed by atoms with Crippen LogP contribution in [0.25, 0.3) is 10.9 Å². The average Bonchev–Trinajstić information content (AvgIpc) is 2.96. The van der Waals surface area contributed by atoms with Gasteiger partial charge in [-0.15, -0.1) is 0 Å². The molecular formula is C19H19N3O2. The highest BCUT2D eigenvalue weighted by atomic mass is 16.5. The summed E-state index contributed by atoms with van der Waals surface area (Å²) in [6.45, 7) is 2.15. The van der Waals surface area contributed by atoms with Crippen molar-refractivity contribution in [2.75, 3.05) is 13.7 Å². The van der Waals surface area contributed by atoms with E-state index in [1.807, 2.05) is 49.4 Å². The quantitative estimate of drug-likeness (QED) is 0.709. The van der Waals surface area contributed by atoms with E-state index in [1.54, 1.807) is 13.3 Å². The zero-order chi connectivity index (χ0) is 16.9. The highest BCUT2D eigenvalue weighted by Crippen LogP contribution is 2.16. The van der Waals surface area contributed by atoms with Crippen molar-refractivity contribution in [3.05, 3.63) is 59.3 Å². The second kappa shape index (κ2) is 7.08. The summed E-state index contributed by atoms with van der Waals surface area (Å²) in [6.07, 6.45) is 2.09. The lowest BCUT2D eigenvalue weighted by molar-refractivity contribution is -0.117. The minimum atomic E-state index is 0.0695. The van der Waals surface area contributed by atoms with Gasteiger partial charge >= 0.3 is 0 Å². The van der Waals surface area contributed by atoms with Gasteiger partial charge in [0.1, 0.15) is 5.75 Å². The highest BCUT2D eigenvalue weighted by Gasteiger charge is 2.04. The summed E-state index contributed by atoms with van der Waals surface area (Å²) in [7, 11) is 1.61. The van der Waals surface area contributed by atoms with Gasteiger partial charge in [-0.1, -0.05) is 18.2 Å². The maximum absolute atomic E-state index is 12.1. The zero-order valence-corrected chi connectivity index (χ0v) is 13.7. The van der Waals surface area contributed by atoms with Gasteiger partial charge in [0.2, 0.25) is 0 Å². The van der Waals surface area contributed by atoms with E-state index < -0.39 is 0 Å². The Morgan fingerprint density at radius 3 is 3.00 bits per heavy atom. The van der Waals surface area contributed by atoms with Gasteiger partial charge in [-0.3, -0.25) is 14.9 Å². The Hall–Kier alpha value is -2.95. The van der Waals surface area contributed by atoms with Crippen LogP contribution in [0.5, 0.6) is 5.75 Å². The number of carbonyl (C=O) groups excluding carboxylic acids is 1. The fourth-order valence-corrected chi connectivity index (χ4v) is 2.55. The van der Waals surface area contributed by atoms with Crippen LogP contribution in [0.4, 0.5) is 0 Å². The van der Waals surface area contributed by atoms with Crippen molar-refractivity contribution in [3.8, 4) is 5.75 Å². The van der Waals surface area contributed by atoms with Crippen molar-refractivity contribution in [3.63, 3.8) is 0 Å². The molecule has 3 aromatic rings. The topological polar surface area (TPSA) is 67.3 Å². The SMILES string of the molecule is COc1cccc(CC(=O)CN=Cc2ccc3n[nH]c(C)c3c2)c1. The number of fused-ring (bicyclic) bond motifs is 1. The second-order valence-corrected chi connectivity index (χ2v) is 5.66. The summed E-state index contributed by atoms with van der Waals surface area (Å²) >= 11 is 0. The van der Waals surface area contributed by atoms with Crippen LogP contribution in [-0.4, -0.2) is 35.8 Å². The van der Waals surface area contributed by atoms with Crippen LogP contribution < -0.4 is 4.74 Å². The summed E-state index contributed by atoms with van der Waals surface area (Å²) in [5, 5.41) is 8.22. The van der Waals surface area contributed by atoms with Crippen LogP contribution in [0.1, 0.15) is 16.8 Å². The lowest BCUT2D eigenvalue weighted by Crippen LogP contribution is -2.07. The molecule has 2 aromatic carbocycles. The lowest BCUT2D eigenvalue weighted by Gasteiger charge is -2.03. The standard InChI is InChI=1S/C19H19N3O2/c1-13-18-10-15(6-7-19(18)22-21-13)11-20-12-16(23)8-14-4-3-5-17(9-14)24-2/h3-7,9-11H,8,12H2,1-2H3,(H,21,22). The number of H-pyrrole nitrogens is 1. The lowest BCUT2D eigenvalue weighted by atomic mass is 10.1. The minimum Gasteiger partial charge on any atom is -0.497 e. The molecule has 1 aromatic heterocycles. The molecule has 0 aliphatic rings. The fourth-order valence-electron chi connectivity index (χ4n) is 2.55. The molecule has 1 heterocycles. The number of nitrogens with one attached hydrogen (secondary N) is 1. The van der Waals surface area contributed by atoms with Crippen LogP contribution >= 0.6 is 0 Å². The monoisotopic (exact) mass is 321 g/mol. The molecule has 0 bridgehead atoms. The van der Waals surface area contributed by atoms with Gasteiger partial charge in [-0.05, 0) is 42.3 Å². The molecule has 0 saturated heterocycles. The summed E-state index contributed by atoms with van der Waals surface area (Å²) in [6, 6.07) is 13.4. The third-order valence-electron chi connectivity index (χ3n) is 3.81. The van der Waals surface area contributed by atoms with Crippen molar-refractivity contribution in [2.24, 2.45) is 4.99 Å². The average molecular weight is 321 g/mol. The third-order valence-corrected chi connectivity index (χ3v) is 3.81. The number of hydrogen-bond donors (Lipinski definition) is 1. The number of nitrogens with zero attached hydrogens (tertiary/aromatic N) is 2. The molecule has 1 N–H and O–H groups in total. The predicted molar refractivity (Wildman–Crippen MR) is 95.0 cm³/mol. The Balaban J connectivity index is 1.62. The van der Waals surface area contributed by atoms with Gasteiger partial charge in [-0.2, -0.15) is 5.10 Å². The van der Waals surface area contributed by atoms with Crippen LogP contribution in [0.3, 0.4) is 0 Å². The molecule has 24 heavy (non-hydrogen) atoms. The number of benzene rings is 2. The highest BCUT2D eigenvalue weighted by molar-refractivity contribution is 5.91. The maximum Gasteiger partial charge on any atom is 0.158 e. The number of aromatic nitrogens is 2. The first-order valence-corrected chi connectivity index (χ1v) is 7.75. The number of ketones is 1. The molecule has 122 valence electrons. The van der Waals surface area contributed by atoms with Gasteiger partial charge in [0.15, 0.2) is 5.78 Å². The second-order valence-electron chi connectivity index (χ2n) is 5.66. The zero-order valence-electron chi connectivity index (χ0n) is 13.7. The molecular weight excluding hydrogens is 302 g/mol. The van der Waals surface area contributed by atoms with Crippen molar-refractivity contribution >= 4 is 22.9 Å². The molecule has 5 heteroatoms. The fraction of sp³-hybridized carbons (Fsp3) is 0.211. The smallest absolute Gasteiger partial charge is 0.158 e. The molecule has 0 aliphatic heterocycles. The normalized spacial score (nSPS) is 11.2. The summed E-state index contributed by atoms with van der Waals surface area (Å²) in [5.41, 5.74) is 3.85. The van der Waals surface area contributed by atoms with E-state index in [-0.39, 0.29) is 12.3 Å². The number of aromatic amines is 1. The molecule has 5 nitrogen and oxygen atoms in total. The van der Waals surface area contributed by atoms with Crippen LogP contribution in [0, 0.1) is 6.92 Å². The Kier molecular flexibility index (Phi) is 4.70. The number of aliphatic imine (C=N–C) groups is 1. The van der Waals surface area contributed by atoms with E-state index in [9.17, 15) is 4.79 Å². The van der Waals surface area contributed by atoms with Gasteiger partial charge < -0.3 is 4.74 Å². The Bertz CT molecular complexity index is 897. The molecule has 0 spiro atoms. The molecule has 3 rings (SSSR count). The van der Waals surface area contributed by atoms with Gasteiger partial charge in [0.05, 0.1) is 19.2 Å². The molecule has 0 saturated carbocycles. The van der Waals surface area contributed by atoms with Crippen LogP contribution in [0.15, 0.2) is 47.5 Å². The summed E-state index contributed by atoms with van der Waals surface area (Å²) in [5.74, 6) is 0.827. The van der Waals surface area contributed by atoms with Crippen molar-refractivity contribution < 1.29 is 9.53 Å². The third kappa shape index (κ3) is 3.68. The summed E-state index contributed by atoms with van der Waals surface area (Å²) < 4.78 is 5.16. The number of methoxy groups -OCH3 is 1. The van der Waals surface area contributed by atoms with Crippen LogP contribution in [-0.2, 0) is 11.2 Å². The van der Waals surface area contributed by atoms with E-state index in [2.05, 4.69) is 15.2 Å². The van der Waals surface area contributed by atoms with Gasteiger partial charge in [0, 0.05) is 23.7 Å². The van der Waals surface area contributed by atoms with E-state index in [4.69, 9.17) is 4.74 Å². The first kappa shape index (κ1) is 15.9. The minimum absolute atomic E-state index is 0.0695. The maximum atomic E-state index is 12.1. The molecule has 0 radical (unpaired) electrons. The van der Waals surface area contributed by atoms with Crippen molar-refractivity contribution in [1.82, 2.24) is 10.2 Å². The number of hydrogen-bond acceptors (Lipinski definition) is 4. The van der Waals surface area contributed by atoms with E-state index in [0.717, 1.165) is 33.5 Å². The molecule has 0 aliphatic carbocycles.